The second kappa shape index (κ2) is 6.21. The third kappa shape index (κ3) is 3.58. The number of ether oxygens (including phenoxy) is 1. The minimum atomic E-state index is 0.419. The number of nitrogens with one attached hydrogen (secondary N) is 1. The monoisotopic (exact) mass is 249 g/mol. The summed E-state index contributed by atoms with van der Waals surface area (Å²) < 4.78 is 5.79. The summed E-state index contributed by atoms with van der Waals surface area (Å²) >= 11 is 0. The Bertz CT molecular complexity index is 283. The van der Waals surface area contributed by atoms with E-state index in [0.717, 1.165) is 25.1 Å². The zero-order chi connectivity index (χ0) is 12.2. The smallest absolute Gasteiger partial charge is 0.0759 e. The highest BCUT2D eigenvalue weighted by Crippen LogP contribution is 2.31. The van der Waals surface area contributed by atoms with Crippen molar-refractivity contribution in [3.05, 3.63) is 11.6 Å². The summed E-state index contributed by atoms with van der Waals surface area (Å²) in [6.45, 7) is 2.09. The van der Waals surface area contributed by atoms with E-state index in [1.165, 1.54) is 57.8 Å². The van der Waals surface area contributed by atoms with Gasteiger partial charge >= 0.3 is 0 Å². The molecule has 1 unspecified atom stereocenters. The maximum Gasteiger partial charge on any atom is 0.0759 e. The quantitative estimate of drug-likeness (QED) is 0.754. The van der Waals surface area contributed by atoms with E-state index in [0.29, 0.717) is 6.10 Å². The molecular formula is C16H27NO. The molecular weight excluding hydrogens is 222 g/mol. The molecule has 1 atom stereocenters. The molecule has 2 aliphatic carbocycles. The third-order valence-electron chi connectivity index (χ3n) is 4.67. The first-order valence-electron chi connectivity index (χ1n) is 7.97. The average Bonchev–Trinajstić information content (AvgIpc) is 3.11. The Morgan fingerprint density at radius 3 is 2.50 bits per heavy atom. The highest BCUT2D eigenvalue weighted by molar-refractivity contribution is 5.13. The molecule has 1 saturated heterocycles. The van der Waals surface area contributed by atoms with E-state index < -0.39 is 0 Å². The Morgan fingerprint density at radius 2 is 1.83 bits per heavy atom. The van der Waals surface area contributed by atoms with Gasteiger partial charge in [-0.25, -0.2) is 0 Å². The van der Waals surface area contributed by atoms with Crippen LogP contribution in [-0.2, 0) is 4.74 Å². The van der Waals surface area contributed by atoms with E-state index in [-0.39, 0.29) is 0 Å². The van der Waals surface area contributed by atoms with E-state index in [4.69, 9.17) is 4.74 Å². The fraction of sp³-hybridized carbons (Fsp3) is 0.875. The lowest BCUT2D eigenvalue weighted by molar-refractivity contribution is 0.144. The Morgan fingerprint density at radius 1 is 1.00 bits per heavy atom. The maximum atomic E-state index is 5.79. The van der Waals surface area contributed by atoms with Crippen LogP contribution >= 0.6 is 0 Å². The van der Waals surface area contributed by atoms with E-state index in [9.17, 15) is 0 Å². The fourth-order valence-corrected chi connectivity index (χ4v) is 3.34. The highest BCUT2D eigenvalue weighted by atomic mass is 16.5. The van der Waals surface area contributed by atoms with Crippen LogP contribution in [0.1, 0.15) is 57.8 Å². The van der Waals surface area contributed by atoms with Crippen molar-refractivity contribution in [3.63, 3.8) is 0 Å². The van der Waals surface area contributed by atoms with Gasteiger partial charge < -0.3 is 10.1 Å². The van der Waals surface area contributed by atoms with E-state index in [2.05, 4.69) is 11.4 Å². The van der Waals surface area contributed by atoms with Gasteiger partial charge in [0.25, 0.3) is 0 Å². The van der Waals surface area contributed by atoms with Gasteiger partial charge in [-0.3, -0.25) is 0 Å². The topological polar surface area (TPSA) is 21.3 Å². The van der Waals surface area contributed by atoms with Crippen molar-refractivity contribution in [2.45, 2.75) is 69.9 Å². The third-order valence-corrected chi connectivity index (χ3v) is 4.67. The van der Waals surface area contributed by atoms with Gasteiger partial charge in [-0.15, -0.1) is 0 Å². The Balaban J connectivity index is 1.60. The Labute approximate surface area is 111 Å². The Kier molecular flexibility index (Phi) is 4.37. The van der Waals surface area contributed by atoms with Crippen molar-refractivity contribution >= 4 is 0 Å². The summed E-state index contributed by atoms with van der Waals surface area (Å²) in [5.74, 6) is 0.842. The van der Waals surface area contributed by atoms with Crippen molar-refractivity contribution in [3.8, 4) is 0 Å². The molecule has 3 aliphatic rings. The molecule has 0 aromatic rings. The molecule has 3 fully saturated rings. The summed E-state index contributed by atoms with van der Waals surface area (Å²) in [4.78, 5) is 0. The van der Waals surface area contributed by atoms with E-state index >= 15 is 0 Å². The lowest BCUT2D eigenvalue weighted by Crippen LogP contribution is -2.25. The van der Waals surface area contributed by atoms with Gasteiger partial charge in [0.2, 0.25) is 0 Å². The maximum absolute atomic E-state index is 5.79. The molecule has 0 spiro atoms. The largest absolute Gasteiger partial charge is 0.374 e. The van der Waals surface area contributed by atoms with Crippen LogP contribution in [0.5, 0.6) is 0 Å². The van der Waals surface area contributed by atoms with Gasteiger partial charge in [-0.2, -0.15) is 0 Å². The molecule has 1 aliphatic heterocycles. The Hall–Kier alpha value is -0.340. The number of hydrogen-bond donors (Lipinski definition) is 1. The van der Waals surface area contributed by atoms with Crippen molar-refractivity contribution in [2.75, 3.05) is 13.2 Å². The summed E-state index contributed by atoms with van der Waals surface area (Å²) in [5.41, 5.74) is 1.66. The fourth-order valence-electron chi connectivity index (χ4n) is 3.34. The van der Waals surface area contributed by atoms with Gasteiger partial charge in [-0.1, -0.05) is 30.9 Å². The highest BCUT2D eigenvalue weighted by Gasteiger charge is 2.24. The van der Waals surface area contributed by atoms with Crippen LogP contribution in [0.15, 0.2) is 11.6 Å². The van der Waals surface area contributed by atoms with E-state index in [1.807, 2.05) is 0 Å². The van der Waals surface area contributed by atoms with Crippen LogP contribution < -0.4 is 5.32 Å². The summed E-state index contributed by atoms with van der Waals surface area (Å²) in [7, 11) is 0. The van der Waals surface area contributed by atoms with Crippen molar-refractivity contribution in [2.24, 2.45) is 5.92 Å². The molecule has 0 bridgehead atoms. The van der Waals surface area contributed by atoms with Gasteiger partial charge in [0, 0.05) is 19.2 Å². The molecule has 2 saturated carbocycles. The zero-order valence-electron chi connectivity index (χ0n) is 11.5. The van der Waals surface area contributed by atoms with Gasteiger partial charge in [-0.05, 0) is 44.4 Å². The molecule has 0 radical (unpaired) electrons. The molecule has 3 rings (SSSR count). The SMILES string of the molecule is C(=C(CNC1CC1)C1CCCCC1)C1CCCO1. The molecule has 1 heterocycles. The van der Waals surface area contributed by atoms with E-state index in [1.54, 1.807) is 5.57 Å². The lowest BCUT2D eigenvalue weighted by atomic mass is 9.83. The summed E-state index contributed by atoms with van der Waals surface area (Å²) in [5, 5.41) is 3.70. The number of hydrogen-bond acceptors (Lipinski definition) is 2. The van der Waals surface area contributed by atoms with Crippen LogP contribution in [0.25, 0.3) is 0 Å². The minimum absolute atomic E-state index is 0.419. The second-order valence-corrected chi connectivity index (χ2v) is 6.28. The van der Waals surface area contributed by atoms with Gasteiger partial charge in [0.15, 0.2) is 0 Å². The van der Waals surface area contributed by atoms with Gasteiger partial charge in [0.1, 0.15) is 0 Å². The molecule has 0 aromatic carbocycles. The zero-order valence-corrected chi connectivity index (χ0v) is 11.5. The molecule has 18 heavy (non-hydrogen) atoms. The number of rotatable bonds is 5. The van der Waals surface area contributed by atoms with Crippen molar-refractivity contribution < 1.29 is 4.74 Å². The molecule has 0 aromatic heterocycles. The first kappa shape index (κ1) is 12.7. The van der Waals surface area contributed by atoms with Crippen LogP contribution in [0.2, 0.25) is 0 Å². The second-order valence-electron chi connectivity index (χ2n) is 6.28. The molecule has 2 nitrogen and oxygen atoms in total. The van der Waals surface area contributed by atoms with Crippen LogP contribution in [0, 0.1) is 5.92 Å². The minimum Gasteiger partial charge on any atom is -0.374 e. The first-order chi connectivity index (χ1) is 8.92. The lowest BCUT2D eigenvalue weighted by Gasteiger charge is -2.26. The molecule has 0 amide bonds. The first-order valence-corrected chi connectivity index (χ1v) is 7.97. The van der Waals surface area contributed by atoms with Crippen molar-refractivity contribution in [1.82, 2.24) is 5.32 Å². The van der Waals surface area contributed by atoms with Crippen LogP contribution in [-0.4, -0.2) is 25.3 Å². The van der Waals surface area contributed by atoms with Crippen molar-refractivity contribution in [1.29, 1.82) is 0 Å². The summed E-state index contributed by atoms with van der Waals surface area (Å²) in [6.07, 6.45) is 15.3. The molecule has 102 valence electrons. The predicted molar refractivity (Wildman–Crippen MR) is 74.7 cm³/mol. The summed E-state index contributed by atoms with van der Waals surface area (Å²) in [6, 6.07) is 0.821. The standard InChI is InChI=1S/C16H27NO/c1-2-5-13(6-3-1)14(12-17-15-8-9-15)11-16-7-4-10-18-16/h11,13,15-17H,1-10,12H2. The van der Waals surface area contributed by atoms with Crippen LogP contribution in [0.4, 0.5) is 0 Å². The predicted octanol–water partition coefficient (Wildman–Crippen LogP) is 3.42. The van der Waals surface area contributed by atoms with Gasteiger partial charge in [0.05, 0.1) is 6.10 Å². The average molecular weight is 249 g/mol. The van der Waals surface area contributed by atoms with Crippen LogP contribution in [0.3, 0.4) is 0 Å². The molecule has 2 heteroatoms. The normalized spacial score (nSPS) is 30.9. The molecule has 1 N–H and O–H groups in total.